The zero-order chi connectivity index (χ0) is 18.4. The number of nitrogens with zero attached hydrogens (tertiary/aromatic N) is 1. The summed E-state index contributed by atoms with van der Waals surface area (Å²) >= 11 is 0. The predicted molar refractivity (Wildman–Crippen MR) is 105 cm³/mol. The molecule has 130 valence electrons. The molecule has 3 nitrogen and oxygen atoms in total. The van der Waals surface area contributed by atoms with Gasteiger partial charge >= 0.3 is 5.97 Å². The summed E-state index contributed by atoms with van der Waals surface area (Å²) < 4.78 is 4.97. The van der Waals surface area contributed by atoms with Crippen LogP contribution in [0.25, 0.3) is 0 Å². The van der Waals surface area contributed by atoms with Crippen molar-refractivity contribution in [3.05, 3.63) is 109 Å². The average Bonchev–Trinajstić information content (AvgIpc) is 2.72. The van der Waals surface area contributed by atoms with Gasteiger partial charge in [-0.05, 0) is 29.8 Å². The third kappa shape index (κ3) is 3.67. The molecule has 1 atom stereocenters. The van der Waals surface area contributed by atoms with Crippen molar-refractivity contribution in [2.24, 2.45) is 0 Å². The largest absolute Gasteiger partial charge is 0.466 e. The van der Waals surface area contributed by atoms with Gasteiger partial charge in [0.05, 0.1) is 18.7 Å². The molecule has 0 aliphatic carbocycles. The maximum Gasteiger partial charge on any atom is 0.335 e. The highest BCUT2D eigenvalue weighted by Crippen LogP contribution is 2.38. The van der Waals surface area contributed by atoms with Crippen LogP contribution in [0.4, 0.5) is 11.4 Å². The smallest absolute Gasteiger partial charge is 0.335 e. The Labute approximate surface area is 154 Å². The Balaban J connectivity index is 2.19. The van der Waals surface area contributed by atoms with Gasteiger partial charge in [-0.25, -0.2) is 4.79 Å². The normalized spacial score (nSPS) is 11.4. The van der Waals surface area contributed by atoms with Gasteiger partial charge < -0.3 is 9.64 Å². The molecule has 0 saturated carbocycles. The maximum absolute atomic E-state index is 12.3. The summed E-state index contributed by atoms with van der Waals surface area (Å²) in [5.41, 5.74) is 3.29. The monoisotopic (exact) mass is 343 g/mol. The second-order valence-electron chi connectivity index (χ2n) is 5.87. The van der Waals surface area contributed by atoms with E-state index in [-0.39, 0.29) is 6.04 Å². The highest BCUT2D eigenvalue weighted by atomic mass is 16.5. The van der Waals surface area contributed by atoms with E-state index in [1.54, 1.807) is 0 Å². The molecule has 0 heterocycles. The molecule has 3 heteroatoms. The van der Waals surface area contributed by atoms with E-state index in [2.05, 4.69) is 11.5 Å². The van der Waals surface area contributed by atoms with Crippen molar-refractivity contribution in [1.29, 1.82) is 0 Å². The Kier molecular flexibility index (Phi) is 5.49. The van der Waals surface area contributed by atoms with Crippen LogP contribution in [0.3, 0.4) is 0 Å². The molecule has 0 aromatic heterocycles. The number of ether oxygens (including phenoxy) is 1. The van der Waals surface area contributed by atoms with E-state index in [4.69, 9.17) is 4.74 Å². The van der Waals surface area contributed by atoms with Crippen molar-refractivity contribution in [2.45, 2.75) is 6.04 Å². The topological polar surface area (TPSA) is 29.5 Å². The number of para-hydroxylation sites is 2. The van der Waals surface area contributed by atoms with Gasteiger partial charge in [-0.2, -0.15) is 0 Å². The molecule has 3 aromatic carbocycles. The minimum atomic E-state index is -0.421. The standard InChI is InChI=1S/C23H21NO2/c1-18(23(25)26-2)22(19-12-6-3-7-13-19)24(20-14-8-4-9-15-20)21-16-10-5-11-17-21/h3-17,22H,1H2,2H3/t22-/m0/s1. The molecular formula is C23H21NO2. The number of carbonyl (C=O) groups excluding carboxylic acids is 1. The average molecular weight is 343 g/mol. The van der Waals surface area contributed by atoms with Crippen LogP contribution >= 0.6 is 0 Å². The first kappa shape index (κ1) is 17.5. The summed E-state index contributed by atoms with van der Waals surface area (Å²) in [4.78, 5) is 14.5. The van der Waals surface area contributed by atoms with Crippen LogP contribution in [0, 0.1) is 0 Å². The van der Waals surface area contributed by atoms with Gasteiger partial charge in [0, 0.05) is 11.4 Å². The number of hydrogen-bond donors (Lipinski definition) is 0. The van der Waals surface area contributed by atoms with E-state index in [0.29, 0.717) is 5.57 Å². The van der Waals surface area contributed by atoms with E-state index in [1.807, 2.05) is 91.0 Å². The van der Waals surface area contributed by atoms with Crippen LogP contribution in [0.2, 0.25) is 0 Å². The van der Waals surface area contributed by atoms with Crippen molar-refractivity contribution in [3.8, 4) is 0 Å². The summed E-state index contributed by atoms with van der Waals surface area (Å²) in [6.07, 6.45) is 0. The molecule has 0 amide bonds. The molecule has 0 unspecified atom stereocenters. The minimum absolute atomic E-state index is 0.381. The molecule has 0 aliphatic rings. The number of rotatable bonds is 6. The Morgan fingerprint density at radius 1 is 0.808 bits per heavy atom. The molecule has 0 bridgehead atoms. The molecule has 0 aliphatic heterocycles. The number of benzene rings is 3. The second kappa shape index (κ2) is 8.17. The van der Waals surface area contributed by atoms with Crippen molar-refractivity contribution >= 4 is 17.3 Å². The van der Waals surface area contributed by atoms with E-state index >= 15 is 0 Å². The molecule has 0 saturated heterocycles. The molecule has 3 rings (SSSR count). The lowest BCUT2D eigenvalue weighted by Gasteiger charge is -2.34. The third-order valence-electron chi connectivity index (χ3n) is 4.22. The Bertz CT molecular complexity index is 821. The zero-order valence-electron chi connectivity index (χ0n) is 14.7. The third-order valence-corrected chi connectivity index (χ3v) is 4.22. The molecule has 3 aromatic rings. The summed E-state index contributed by atoms with van der Waals surface area (Å²) in [5.74, 6) is -0.421. The van der Waals surface area contributed by atoms with Crippen LogP contribution in [-0.2, 0) is 9.53 Å². The van der Waals surface area contributed by atoms with Gasteiger partial charge in [0.1, 0.15) is 0 Å². The van der Waals surface area contributed by atoms with Crippen LogP contribution < -0.4 is 4.90 Å². The number of esters is 1. The fraction of sp³-hybridized carbons (Fsp3) is 0.0870. The molecule has 0 spiro atoms. The first-order valence-electron chi connectivity index (χ1n) is 8.43. The van der Waals surface area contributed by atoms with Gasteiger partial charge in [0.25, 0.3) is 0 Å². The highest BCUT2D eigenvalue weighted by Gasteiger charge is 2.29. The predicted octanol–water partition coefficient (Wildman–Crippen LogP) is 5.30. The summed E-state index contributed by atoms with van der Waals surface area (Å²) in [7, 11) is 1.38. The Morgan fingerprint density at radius 3 is 1.65 bits per heavy atom. The van der Waals surface area contributed by atoms with Crippen molar-refractivity contribution < 1.29 is 9.53 Å². The lowest BCUT2D eigenvalue weighted by atomic mass is 9.96. The van der Waals surface area contributed by atoms with Crippen LogP contribution in [-0.4, -0.2) is 13.1 Å². The van der Waals surface area contributed by atoms with E-state index in [1.165, 1.54) is 7.11 Å². The van der Waals surface area contributed by atoms with Gasteiger partial charge in [-0.3, -0.25) is 0 Å². The van der Waals surface area contributed by atoms with Crippen molar-refractivity contribution in [2.75, 3.05) is 12.0 Å². The Hall–Kier alpha value is -3.33. The van der Waals surface area contributed by atoms with Gasteiger partial charge in [-0.15, -0.1) is 0 Å². The quantitative estimate of drug-likeness (QED) is 0.449. The molecule has 0 radical (unpaired) electrons. The van der Waals surface area contributed by atoms with Crippen LogP contribution in [0.1, 0.15) is 11.6 Å². The first-order chi connectivity index (χ1) is 12.7. The minimum Gasteiger partial charge on any atom is -0.466 e. The summed E-state index contributed by atoms with van der Waals surface area (Å²) in [6, 6.07) is 29.4. The zero-order valence-corrected chi connectivity index (χ0v) is 14.7. The number of anilines is 2. The molecular weight excluding hydrogens is 322 g/mol. The lowest BCUT2D eigenvalue weighted by Crippen LogP contribution is -2.28. The SMILES string of the molecule is C=C(C(=O)OC)[C@@H](c1ccccc1)N(c1ccccc1)c1ccccc1. The van der Waals surface area contributed by atoms with Gasteiger partial charge in [0.2, 0.25) is 0 Å². The van der Waals surface area contributed by atoms with Gasteiger partial charge in [0.15, 0.2) is 0 Å². The summed E-state index contributed by atoms with van der Waals surface area (Å²) in [6.45, 7) is 4.06. The van der Waals surface area contributed by atoms with Crippen molar-refractivity contribution in [1.82, 2.24) is 0 Å². The van der Waals surface area contributed by atoms with Gasteiger partial charge in [-0.1, -0.05) is 73.3 Å². The first-order valence-corrected chi connectivity index (χ1v) is 8.43. The number of hydrogen-bond acceptors (Lipinski definition) is 3. The van der Waals surface area contributed by atoms with Crippen molar-refractivity contribution in [3.63, 3.8) is 0 Å². The lowest BCUT2D eigenvalue weighted by molar-refractivity contribution is -0.136. The second-order valence-corrected chi connectivity index (χ2v) is 5.87. The molecule has 26 heavy (non-hydrogen) atoms. The number of carbonyl (C=O) groups is 1. The Morgan fingerprint density at radius 2 is 1.23 bits per heavy atom. The van der Waals surface area contributed by atoms with Crippen LogP contribution in [0.5, 0.6) is 0 Å². The fourth-order valence-electron chi connectivity index (χ4n) is 3.01. The van der Waals surface area contributed by atoms with E-state index < -0.39 is 5.97 Å². The number of methoxy groups -OCH3 is 1. The highest BCUT2D eigenvalue weighted by molar-refractivity contribution is 5.91. The molecule has 0 fully saturated rings. The fourth-order valence-corrected chi connectivity index (χ4v) is 3.01. The van der Waals surface area contributed by atoms with E-state index in [9.17, 15) is 4.79 Å². The molecule has 0 N–H and O–H groups in total. The summed E-state index contributed by atoms with van der Waals surface area (Å²) in [5, 5.41) is 0. The van der Waals surface area contributed by atoms with E-state index in [0.717, 1.165) is 16.9 Å². The van der Waals surface area contributed by atoms with Crippen LogP contribution in [0.15, 0.2) is 103 Å². The maximum atomic E-state index is 12.3.